The average molecular weight is 317 g/mol. The second-order valence-electron chi connectivity index (χ2n) is 4.26. The van der Waals surface area contributed by atoms with Gasteiger partial charge in [0.1, 0.15) is 5.82 Å². The van der Waals surface area contributed by atoms with Crippen LogP contribution in [0, 0.1) is 0 Å². The van der Waals surface area contributed by atoms with E-state index in [1.807, 2.05) is 5.38 Å². The maximum absolute atomic E-state index is 12.1. The van der Waals surface area contributed by atoms with Gasteiger partial charge in [0.2, 0.25) is 5.75 Å². The Morgan fingerprint density at radius 2 is 2.23 bits per heavy atom. The number of hydrogen-bond donors (Lipinski definition) is 4. The van der Waals surface area contributed by atoms with E-state index < -0.39 is 17.5 Å². The van der Waals surface area contributed by atoms with Crippen LogP contribution in [0.3, 0.4) is 0 Å². The molecule has 0 bridgehead atoms. The van der Waals surface area contributed by atoms with Crippen molar-refractivity contribution in [2.24, 2.45) is 0 Å². The number of H-pyrrole nitrogens is 1. The molecule has 112 valence electrons. The molecule has 0 saturated heterocycles. The molecule has 3 aromatic rings. The first-order chi connectivity index (χ1) is 10.6. The van der Waals surface area contributed by atoms with Gasteiger partial charge in [-0.25, -0.2) is 9.97 Å². The van der Waals surface area contributed by atoms with Gasteiger partial charge in [-0.1, -0.05) is 6.07 Å². The number of amides is 1. The molecule has 0 spiro atoms. The van der Waals surface area contributed by atoms with E-state index in [1.54, 1.807) is 24.5 Å². The molecule has 4 N–H and O–H groups in total. The van der Waals surface area contributed by atoms with E-state index in [1.165, 1.54) is 11.3 Å². The highest BCUT2D eigenvalue weighted by Crippen LogP contribution is 2.30. The molecule has 0 aliphatic heterocycles. The van der Waals surface area contributed by atoms with Crippen LogP contribution in [0.2, 0.25) is 0 Å². The lowest BCUT2D eigenvalue weighted by atomic mass is 10.3. The number of nitrogens with one attached hydrogen (secondary N) is 2. The van der Waals surface area contributed by atoms with Crippen molar-refractivity contribution in [3.05, 3.63) is 41.4 Å². The maximum Gasteiger partial charge on any atom is 0.274 e. The predicted octanol–water partition coefficient (Wildman–Crippen LogP) is 1.27. The van der Waals surface area contributed by atoms with E-state index in [-0.39, 0.29) is 18.1 Å². The van der Waals surface area contributed by atoms with Gasteiger partial charge in [-0.2, -0.15) is 4.98 Å². The molecule has 0 aliphatic carbocycles. The van der Waals surface area contributed by atoms with Gasteiger partial charge in [-0.05, 0) is 11.4 Å². The lowest BCUT2D eigenvalue weighted by molar-refractivity contribution is 0.0941. The number of hydrogen-bond acceptors (Lipinski definition) is 7. The first-order valence-electron chi connectivity index (χ1n) is 6.25. The molecule has 3 rings (SSSR count). The Balaban J connectivity index is 1.87. The number of aromatic amines is 1. The molecule has 22 heavy (non-hydrogen) atoms. The molecular formula is C13H11N5O3S. The molecule has 0 atom stereocenters. The van der Waals surface area contributed by atoms with E-state index in [4.69, 9.17) is 0 Å². The summed E-state index contributed by atoms with van der Waals surface area (Å²) in [6.07, 6.45) is 3.19. The van der Waals surface area contributed by atoms with Gasteiger partial charge < -0.3 is 20.5 Å². The maximum atomic E-state index is 12.1. The molecular weight excluding hydrogens is 306 g/mol. The Labute approximate surface area is 128 Å². The number of carbonyl (C=O) groups excluding carboxylic acids is 1. The zero-order valence-electron chi connectivity index (χ0n) is 11.1. The van der Waals surface area contributed by atoms with Gasteiger partial charge in [0.15, 0.2) is 11.5 Å². The lowest BCUT2D eigenvalue weighted by Gasteiger charge is -2.07. The summed E-state index contributed by atoms with van der Waals surface area (Å²) < 4.78 is 0. The summed E-state index contributed by atoms with van der Waals surface area (Å²) in [5.74, 6) is -1.19. The van der Waals surface area contributed by atoms with E-state index in [0.29, 0.717) is 10.7 Å². The minimum absolute atomic E-state index is 0.143. The zero-order valence-corrected chi connectivity index (χ0v) is 12.0. The van der Waals surface area contributed by atoms with Crippen molar-refractivity contribution in [3.8, 4) is 22.3 Å². The normalized spacial score (nSPS) is 10.5. The summed E-state index contributed by atoms with van der Waals surface area (Å²) >= 11 is 1.36. The third-order valence-corrected chi connectivity index (χ3v) is 3.66. The van der Waals surface area contributed by atoms with Crippen molar-refractivity contribution >= 4 is 17.2 Å². The smallest absolute Gasteiger partial charge is 0.274 e. The highest BCUT2D eigenvalue weighted by molar-refractivity contribution is 7.13. The van der Waals surface area contributed by atoms with Crippen molar-refractivity contribution in [2.75, 3.05) is 0 Å². The fraction of sp³-hybridized carbons (Fsp3) is 0.0769. The van der Waals surface area contributed by atoms with E-state index in [2.05, 4.69) is 25.3 Å². The van der Waals surface area contributed by atoms with Crippen LogP contribution < -0.4 is 5.32 Å². The molecule has 3 aromatic heterocycles. The molecule has 0 aromatic carbocycles. The number of aromatic nitrogens is 4. The summed E-state index contributed by atoms with van der Waals surface area (Å²) in [4.78, 5) is 27.4. The van der Waals surface area contributed by atoms with Gasteiger partial charge in [0, 0.05) is 12.4 Å². The minimum atomic E-state index is -0.655. The summed E-state index contributed by atoms with van der Waals surface area (Å²) in [5.41, 5.74) is -0.289. The van der Waals surface area contributed by atoms with Crippen LogP contribution >= 0.6 is 11.3 Å². The van der Waals surface area contributed by atoms with Crippen molar-refractivity contribution in [1.29, 1.82) is 0 Å². The summed E-state index contributed by atoms with van der Waals surface area (Å²) in [6, 6.07) is 3.55. The molecule has 3 heterocycles. The van der Waals surface area contributed by atoms with Crippen LogP contribution in [-0.4, -0.2) is 36.1 Å². The van der Waals surface area contributed by atoms with Gasteiger partial charge in [-0.3, -0.25) is 4.79 Å². The third kappa shape index (κ3) is 2.74. The number of carbonyl (C=O) groups is 1. The summed E-state index contributed by atoms with van der Waals surface area (Å²) in [6.45, 7) is 0.143. The van der Waals surface area contributed by atoms with Crippen LogP contribution in [0.1, 0.15) is 16.3 Å². The Bertz CT molecular complexity index is 786. The Morgan fingerprint density at radius 1 is 1.36 bits per heavy atom. The molecule has 0 unspecified atom stereocenters. The van der Waals surface area contributed by atoms with Crippen LogP contribution in [0.25, 0.3) is 10.7 Å². The lowest BCUT2D eigenvalue weighted by Crippen LogP contribution is -2.24. The highest BCUT2D eigenvalue weighted by atomic mass is 32.1. The Hall–Kier alpha value is -2.94. The molecule has 0 saturated carbocycles. The molecule has 1 amide bonds. The molecule has 0 aliphatic rings. The predicted molar refractivity (Wildman–Crippen MR) is 78.4 cm³/mol. The number of imidazole rings is 1. The number of thiophene rings is 1. The average Bonchev–Trinajstić information content (AvgIpc) is 3.20. The van der Waals surface area contributed by atoms with Gasteiger partial charge >= 0.3 is 0 Å². The Kier molecular flexibility index (Phi) is 3.71. The monoisotopic (exact) mass is 317 g/mol. The fourth-order valence-electron chi connectivity index (χ4n) is 1.76. The van der Waals surface area contributed by atoms with Crippen molar-refractivity contribution in [1.82, 2.24) is 25.3 Å². The SMILES string of the molecule is O=C(NCc1ncc[nH]1)c1nc(-c2cccs2)nc(O)c1O. The van der Waals surface area contributed by atoms with Crippen LogP contribution in [0.15, 0.2) is 29.9 Å². The van der Waals surface area contributed by atoms with Gasteiger partial charge in [0.05, 0.1) is 11.4 Å². The zero-order chi connectivity index (χ0) is 15.5. The molecule has 8 nitrogen and oxygen atoms in total. The standard InChI is InChI=1S/C13H11N5O3S/c19-10-9(12(20)16-6-8-14-3-4-15-8)17-11(18-13(10)21)7-2-1-5-22-7/h1-5,19H,6H2,(H,14,15)(H,16,20)(H,17,18,21). The topological polar surface area (TPSA) is 124 Å². The van der Waals surface area contributed by atoms with Crippen molar-refractivity contribution < 1.29 is 15.0 Å². The van der Waals surface area contributed by atoms with E-state index in [0.717, 1.165) is 0 Å². The fourth-order valence-corrected chi connectivity index (χ4v) is 2.42. The first kappa shape index (κ1) is 14.0. The van der Waals surface area contributed by atoms with Crippen LogP contribution in [-0.2, 0) is 6.54 Å². The van der Waals surface area contributed by atoms with Crippen LogP contribution in [0.5, 0.6) is 11.6 Å². The first-order valence-corrected chi connectivity index (χ1v) is 7.13. The largest absolute Gasteiger partial charge is 0.501 e. The summed E-state index contributed by atoms with van der Waals surface area (Å²) in [5, 5.41) is 23.8. The van der Waals surface area contributed by atoms with Crippen molar-refractivity contribution in [2.45, 2.75) is 6.54 Å². The molecule has 0 radical (unpaired) electrons. The minimum Gasteiger partial charge on any atom is -0.501 e. The van der Waals surface area contributed by atoms with E-state index in [9.17, 15) is 15.0 Å². The highest BCUT2D eigenvalue weighted by Gasteiger charge is 2.20. The quantitative estimate of drug-likeness (QED) is 0.574. The third-order valence-electron chi connectivity index (χ3n) is 2.79. The van der Waals surface area contributed by atoms with Gasteiger partial charge in [-0.15, -0.1) is 11.3 Å². The Morgan fingerprint density at radius 3 is 2.91 bits per heavy atom. The number of aromatic hydroxyl groups is 2. The van der Waals surface area contributed by atoms with Crippen LogP contribution in [0.4, 0.5) is 0 Å². The van der Waals surface area contributed by atoms with Crippen molar-refractivity contribution in [3.63, 3.8) is 0 Å². The van der Waals surface area contributed by atoms with Gasteiger partial charge in [0.25, 0.3) is 11.8 Å². The number of rotatable bonds is 4. The second kappa shape index (κ2) is 5.82. The molecule has 0 fully saturated rings. The number of nitrogens with zero attached hydrogens (tertiary/aromatic N) is 3. The second-order valence-corrected chi connectivity index (χ2v) is 5.21. The van der Waals surface area contributed by atoms with E-state index >= 15 is 0 Å². The summed E-state index contributed by atoms with van der Waals surface area (Å²) in [7, 11) is 0. The molecule has 9 heteroatoms.